The first-order chi connectivity index (χ1) is 9.36. The molecule has 0 aliphatic heterocycles. The lowest BCUT2D eigenvalue weighted by Gasteiger charge is -2.26. The molecule has 0 saturated carbocycles. The third kappa shape index (κ3) is 3.65. The van der Waals surface area contributed by atoms with E-state index >= 15 is 0 Å². The molecule has 1 aromatic heterocycles. The van der Waals surface area contributed by atoms with Crippen LogP contribution >= 0.6 is 0 Å². The second-order valence-corrected chi connectivity index (χ2v) is 4.37. The average Bonchev–Trinajstić information content (AvgIpc) is 2.38. The molecule has 106 valence electrons. The number of nitriles is 1. The van der Waals surface area contributed by atoms with Crippen LogP contribution < -0.4 is 4.90 Å². The van der Waals surface area contributed by atoms with Crippen LogP contribution in [0.15, 0.2) is 12.3 Å². The predicted octanol–water partition coefficient (Wildman–Crippen LogP) is 1.55. The van der Waals surface area contributed by atoms with Gasteiger partial charge in [-0.25, -0.2) is 4.98 Å². The summed E-state index contributed by atoms with van der Waals surface area (Å²) in [6.07, 6.45) is 1.08. The minimum Gasteiger partial charge on any atom is -0.481 e. The van der Waals surface area contributed by atoms with Crippen molar-refractivity contribution in [1.29, 1.82) is 5.26 Å². The van der Waals surface area contributed by atoms with E-state index in [4.69, 9.17) is 10.4 Å². The summed E-state index contributed by atoms with van der Waals surface area (Å²) in [5.41, 5.74) is -0.217. The number of carbonyl (C=O) groups is 1. The molecular weight excluding hydrogens is 264 g/mol. The molecule has 0 atom stereocenters. The summed E-state index contributed by atoms with van der Waals surface area (Å²) in [6.45, 7) is 3.67. The highest BCUT2D eigenvalue weighted by molar-refractivity contribution is 5.68. The molecule has 1 rings (SSSR count). The summed E-state index contributed by atoms with van der Waals surface area (Å²) in [7, 11) is 0. The summed E-state index contributed by atoms with van der Waals surface area (Å²) in [6, 6.07) is 2.77. The van der Waals surface area contributed by atoms with Gasteiger partial charge in [0.05, 0.1) is 16.9 Å². The lowest BCUT2D eigenvalue weighted by atomic mass is 10.2. The summed E-state index contributed by atoms with van der Waals surface area (Å²) < 4.78 is 0. The Morgan fingerprint density at radius 2 is 2.30 bits per heavy atom. The molecule has 0 aliphatic carbocycles. The van der Waals surface area contributed by atoms with Gasteiger partial charge >= 0.3 is 11.7 Å². The van der Waals surface area contributed by atoms with Crippen molar-refractivity contribution >= 4 is 17.5 Å². The zero-order chi connectivity index (χ0) is 15.3. The van der Waals surface area contributed by atoms with Gasteiger partial charge in [-0.3, -0.25) is 14.9 Å². The van der Waals surface area contributed by atoms with Crippen LogP contribution in [-0.2, 0) is 4.79 Å². The molecule has 0 bridgehead atoms. The SMILES string of the molecule is CC(C)N(CCC(=O)O)c1ncc(C#N)cc1[N+](=O)[O-]. The van der Waals surface area contributed by atoms with Crippen LogP contribution in [0.5, 0.6) is 0 Å². The number of aromatic nitrogens is 1. The van der Waals surface area contributed by atoms with Crippen LogP contribution in [0.3, 0.4) is 0 Å². The summed E-state index contributed by atoms with van der Waals surface area (Å²) in [5.74, 6) is -0.919. The van der Waals surface area contributed by atoms with Gasteiger partial charge < -0.3 is 10.0 Å². The van der Waals surface area contributed by atoms with Crippen LogP contribution in [0.4, 0.5) is 11.5 Å². The van der Waals surface area contributed by atoms with E-state index in [9.17, 15) is 14.9 Å². The van der Waals surface area contributed by atoms with E-state index in [1.54, 1.807) is 19.9 Å². The summed E-state index contributed by atoms with van der Waals surface area (Å²) >= 11 is 0. The first kappa shape index (κ1) is 15.4. The predicted molar refractivity (Wildman–Crippen MR) is 70.3 cm³/mol. The van der Waals surface area contributed by atoms with Crippen LogP contribution in [0.2, 0.25) is 0 Å². The van der Waals surface area contributed by atoms with Gasteiger partial charge in [0.15, 0.2) is 0 Å². The largest absolute Gasteiger partial charge is 0.481 e. The molecule has 0 aliphatic rings. The molecule has 1 heterocycles. The molecule has 8 nitrogen and oxygen atoms in total. The molecule has 8 heteroatoms. The number of aliphatic carboxylic acids is 1. The Hall–Kier alpha value is -2.69. The van der Waals surface area contributed by atoms with Gasteiger partial charge in [-0.1, -0.05) is 0 Å². The molecule has 0 fully saturated rings. The molecule has 20 heavy (non-hydrogen) atoms. The fraction of sp³-hybridized carbons (Fsp3) is 0.417. The van der Waals surface area contributed by atoms with E-state index < -0.39 is 10.9 Å². The number of rotatable bonds is 6. The van der Waals surface area contributed by atoms with E-state index in [-0.39, 0.29) is 36.1 Å². The monoisotopic (exact) mass is 278 g/mol. The lowest BCUT2D eigenvalue weighted by molar-refractivity contribution is -0.384. The molecule has 0 radical (unpaired) electrons. The molecule has 0 spiro atoms. The first-order valence-corrected chi connectivity index (χ1v) is 5.89. The minimum absolute atomic E-state index is 0.0743. The van der Waals surface area contributed by atoms with Gasteiger partial charge in [-0.15, -0.1) is 0 Å². The maximum atomic E-state index is 11.1. The molecular formula is C12H14N4O4. The van der Waals surface area contributed by atoms with Crippen LogP contribution in [0, 0.1) is 21.4 Å². The zero-order valence-corrected chi connectivity index (χ0v) is 11.1. The average molecular weight is 278 g/mol. The van der Waals surface area contributed by atoms with E-state index in [0.29, 0.717) is 0 Å². The topological polar surface area (TPSA) is 120 Å². The van der Waals surface area contributed by atoms with Gasteiger partial charge in [0, 0.05) is 24.8 Å². The van der Waals surface area contributed by atoms with Gasteiger partial charge in [0.2, 0.25) is 5.82 Å². The second-order valence-electron chi connectivity index (χ2n) is 4.37. The van der Waals surface area contributed by atoms with Crippen LogP contribution in [-0.4, -0.2) is 33.6 Å². The Morgan fingerprint density at radius 1 is 1.65 bits per heavy atom. The molecule has 0 unspecified atom stereocenters. The highest BCUT2D eigenvalue weighted by Crippen LogP contribution is 2.28. The van der Waals surface area contributed by atoms with Gasteiger partial charge in [-0.05, 0) is 13.8 Å². The van der Waals surface area contributed by atoms with E-state index in [1.807, 2.05) is 0 Å². The summed E-state index contributed by atoms with van der Waals surface area (Å²) in [4.78, 5) is 26.6. The standard InChI is InChI=1S/C12H14N4O4/c1-8(2)15(4-3-11(17)18)12-10(16(19)20)5-9(6-13)7-14-12/h5,7-8H,3-4H2,1-2H3,(H,17,18). The normalized spacial score (nSPS) is 10.1. The number of carboxylic acid groups (broad SMARTS) is 1. The minimum atomic E-state index is -0.994. The van der Waals surface area contributed by atoms with Gasteiger partial charge in [-0.2, -0.15) is 5.26 Å². The quantitative estimate of drug-likeness (QED) is 0.619. The van der Waals surface area contributed by atoms with Crippen LogP contribution in [0.1, 0.15) is 25.8 Å². The van der Waals surface area contributed by atoms with E-state index in [0.717, 1.165) is 6.07 Å². The number of pyridine rings is 1. The van der Waals surface area contributed by atoms with Gasteiger partial charge in [0.25, 0.3) is 0 Å². The Morgan fingerprint density at radius 3 is 2.75 bits per heavy atom. The van der Waals surface area contributed by atoms with Crippen molar-refractivity contribution < 1.29 is 14.8 Å². The molecule has 0 amide bonds. The Bertz CT molecular complexity index is 565. The third-order valence-electron chi connectivity index (χ3n) is 2.64. The smallest absolute Gasteiger partial charge is 0.312 e. The maximum absolute atomic E-state index is 11.1. The third-order valence-corrected chi connectivity index (χ3v) is 2.64. The van der Waals surface area contributed by atoms with Crippen molar-refractivity contribution in [2.75, 3.05) is 11.4 Å². The first-order valence-electron chi connectivity index (χ1n) is 5.89. The van der Waals surface area contributed by atoms with E-state index in [2.05, 4.69) is 4.98 Å². The highest BCUT2D eigenvalue weighted by Gasteiger charge is 2.24. The van der Waals surface area contributed by atoms with Crippen molar-refractivity contribution in [3.63, 3.8) is 0 Å². The van der Waals surface area contributed by atoms with Crippen molar-refractivity contribution in [1.82, 2.24) is 4.98 Å². The van der Waals surface area contributed by atoms with Crippen molar-refractivity contribution in [3.05, 3.63) is 27.9 Å². The fourth-order valence-electron chi connectivity index (χ4n) is 1.69. The lowest BCUT2D eigenvalue weighted by Crippen LogP contribution is -2.34. The Balaban J connectivity index is 3.22. The Kier molecular flexibility index (Phi) is 4.97. The number of carboxylic acids is 1. The number of nitro groups is 1. The van der Waals surface area contributed by atoms with Crippen molar-refractivity contribution in [3.8, 4) is 6.07 Å². The maximum Gasteiger partial charge on any atom is 0.312 e. The number of anilines is 1. The Labute approximate surface area is 115 Å². The molecule has 0 saturated heterocycles. The van der Waals surface area contributed by atoms with Crippen LogP contribution in [0.25, 0.3) is 0 Å². The number of nitrogens with zero attached hydrogens (tertiary/aromatic N) is 4. The van der Waals surface area contributed by atoms with Gasteiger partial charge in [0.1, 0.15) is 6.07 Å². The second kappa shape index (κ2) is 6.47. The molecule has 1 aromatic rings. The van der Waals surface area contributed by atoms with Crippen molar-refractivity contribution in [2.45, 2.75) is 26.3 Å². The highest BCUT2D eigenvalue weighted by atomic mass is 16.6. The van der Waals surface area contributed by atoms with Crippen molar-refractivity contribution in [2.24, 2.45) is 0 Å². The number of hydrogen-bond acceptors (Lipinski definition) is 6. The molecule has 0 aromatic carbocycles. The summed E-state index contributed by atoms with van der Waals surface area (Å²) in [5, 5.41) is 28.6. The number of hydrogen-bond donors (Lipinski definition) is 1. The zero-order valence-electron chi connectivity index (χ0n) is 11.1. The fourth-order valence-corrected chi connectivity index (χ4v) is 1.69. The molecule has 1 N–H and O–H groups in total. The van der Waals surface area contributed by atoms with E-state index in [1.165, 1.54) is 11.1 Å².